The lowest BCUT2D eigenvalue weighted by Gasteiger charge is -2.12. The summed E-state index contributed by atoms with van der Waals surface area (Å²) in [6.07, 6.45) is 1.80. The molecule has 0 saturated heterocycles. The first-order valence-electron chi connectivity index (χ1n) is 3.94. The molecule has 1 fully saturated rings. The third-order valence-corrected chi connectivity index (χ3v) is 2.20. The lowest BCUT2D eigenvalue weighted by atomic mass is 10.0. The highest BCUT2D eigenvalue weighted by Crippen LogP contribution is 2.28. The Labute approximate surface area is 70.4 Å². The van der Waals surface area contributed by atoms with Crippen LogP contribution in [0.1, 0.15) is 26.2 Å². The van der Waals surface area contributed by atoms with Crippen molar-refractivity contribution in [3.05, 3.63) is 0 Å². The van der Waals surface area contributed by atoms with Crippen molar-refractivity contribution >= 4 is 5.78 Å². The number of carbonyl (C=O) groups is 1. The van der Waals surface area contributed by atoms with Crippen molar-refractivity contribution in [3.63, 3.8) is 0 Å². The van der Waals surface area contributed by atoms with Gasteiger partial charge in [0, 0.05) is 5.92 Å². The average Bonchev–Trinajstić information content (AvgIpc) is 2.34. The molecule has 70 valence electrons. The summed E-state index contributed by atoms with van der Waals surface area (Å²) in [5.41, 5.74) is 0. The monoisotopic (exact) mass is 175 g/mol. The second-order valence-corrected chi connectivity index (χ2v) is 3.10. The molecule has 1 rings (SSSR count). The molecule has 5 nitrogen and oxygen atoms in total. The quantitative estimate of drug-likeness (QED) is 0.619. The Morgan fingerprint density at radius 2 is 2.17 bits per heavy atom. The van der Waals surface area contributed by atoms with Gasteiger partial charge in [-0.1, -0.05) is 0 Å². The molecule has 0 aromatic carbocycles. The molecule has 0 heterocycles. The molecule has 1 aliphatic carbocycles. The molecule has 1 saturated carbocycles. The minimum Gasteiger partial charge on any atom is -0.300 e. The van der Waals surface area contributed by atoms with E-state index in [1.54, 1.807) is 6.92 Å². The van der Waals surface area contributed by atoms with Gasteiger partial charge >= 0.3 is 0 Å². The van der Waals surface area contributed by atoms with Crippen LogP contribution in [-0.2, 0) is 9.63 Å². The third-order valence-electron chi connectivity index (χ3n) is 2.20. The summed E-state index contributed by atoms with van der Waals surface area (Å²) in [6, 6.07) is 0. The summed E-state index contributed by atoms with van der Waals surface area (Å²) < 4.78 is 0. The largest absolute Gasteiger partial charge is 0.300 e. The van der Waals surface area contributed by atoms with Gasteiger partial charge in [0.05, 0.1) is 11.5 Å². The first-order valence-corrected chi connectivity index (χ1v) is 3.94. The Kier molecular flexibility index (Phi) is 3.16. The standard InChI is InChI=1S/C7H13NO4/c1-5(9)6-2-3-7(4-6)12-8(10)11/h6-7,10-11H,2-4H2,1H3/t6-,7-/m0/s1. The van der Waals surface area contributed by atoms with Gasteiger partial charge in [0.1, 0.15) is 5.78 Å². The van der Waals surface area contributed by atoms with Gasteiger partial charge in [0.2, 0.25) is 0 Å². The minimum absolute atomic E-state index is 0.0231. The van der Waals surface area contributed by atoms with E-state index >= 15 is 0 Å². The molecule has 0 spiro atoms. The van der Waals surface area contributed by atoms with Crippen molar-refractivity contribution in [3.8, 4) is 0 Å². The van der Waals surface area contributed by atoms with Gasteiger partial charge in [-0.05, 0) is 26.2 Å². The zero-order valence-electron chi connectivity index (χ0n) is 6.93. The lowest BCUT2D eigenvalue weighted by Crippen LogP contribution is -2.22. The smallest absolute Gasteiger partial charge is 0.133 e. The Morgan fingerprint density at radius 1 is 1.50 bits per heavy atom. The number of hydrogen-bond donors (Lipinski definition) is 2. The molecule has 2 atom stereocenters. The number of Topliss-reactive ketones (excluding diaryl/α,β-unsaturated/α-hetero) is 1. The van der Waals surface area contributed by atoms with Crippen molar-refractivity contribution in [2.45, 2.75) is 32.3 Å². The van der Waals surface area contributed by atoms with Crippen LogP contribution in [0.4, 0.5) is 0 Å². The van der Waals surface area contributed by atoms with Crippen molar-refractivity contribution in [2.75, 3.05) is 0 Å². The maximum absolute atomic E-state index is 10.9. The highest BCUT2D eigenvalue weighted by Gasteiger charge is 2.29. The van der Waals surface area contributed by atoms with Gasteiger partial charge in [0.15, 0.2) is 0 Å². The zero-order valence-corrected chi connectivity index (χ0v) is 6.93. The average molecular weight is 175 g/mol. The van der Waals surface area contributed by atoms with E-state index < -0.39 is 0 Å². The second-order valence-electron chi connectivity index (χ2n) is 3.10. The van der Waals surface area contributed by atoms with Crippen LogP contribution in [-0.4, -0.2) is 27.7 Å². The summed E-state index contributed by atoms with van der Waals surface area (Å²) in [6.45, 7) is 1.54. The number of hydrogen-bond acceptors (Lipinski definition) is 5. The molecule has 12 heavy (non-hydrogen) atoms. The molecule has 1 aliphatic rings. The Bertz CT molecular complexity index is 171. The minimum atomic E-state index is -0.285. The number of ketones is 1. The fraction of sp³-hybridized carbons (Fsp3) is 0.857. The molecule has 5 heteroatoms. The molecule has 0 aliphatic heterocycles. The predicted octanol–water partition coefficient (Wildman–Crippen LogP) is 0.756. The Hall–Kier alpha value is -0.490. The zero-order chi connectivity index (χ0) is 9.14. The molecule has 0 aromatic heterocycles. The van der Waals surface area contributed by atoms with Gasteiger partial charge in [-0.25, -0.2) is 4.84 Å². The van der Waals surface area contributed by atoms with Crippen LogP contribution < -0.4 is 0 Å². The van der Waals surface area contributed by atoms with E-state index in [1.165, 1.54) is 0 Å². The maximum atomic E-state index is 10.9. The van der Waals surface area contributed by atoms with Gasteiger partial charge in [-0.15, -0.1) is 0 Å². The normalized spacial score (nSPS) is 29.7. The van der Waals surface area contributed by atoms with Crippen LogP contribution in [0.5, 0.6) is 0 Å². The van der Waals surface area contributed by atoms with Crippen LogP contribution in [0.15, 0.2) is 0 Å². The lowest BCUT2D eigenvalue weighted by molar-refractivity contribution is -0.504. The fourth-order valence-electron chi connectivity index (χ4n) is 1.54. The molecule has 0 radical (unpaired) electrons. The summed E-state index contributed by atoms with van der Waals surface area (Å²) in [4.78, 5) is 15.5. The van der Waals surface area contributed by atoms with Gasteiger partial charge in [-0.2, -0.15) is 0 Å². The van der Waals surface area contributed by atoms with Gasteiger partial charge < -0.3 is 0 Å². The van der Waals surface area contributed by atoms with Crippen LogP contribution in [0, 0.1) is 5.92 Å². The highest BCUT2D eigenvalue weighted by atomic mass is 17.1. The fourth-order valence-corrected chi connectivity index (χ4v) is 1.54. The number of rotatable bonds is 3. The van der Waals surface area contributed by atoms with Crippen LogP contribution in [0.25, 0.3) is 0 Å². The van der Waals surface area contributed by atoms with E-state index in [2.05, 4.69) is 4.84 Å². The van der Waals surface area contributed by atoms with Gasteiger partial charge in [0.25, 0.3) is 0 Å². The first-order chi connectivity index (χ1) is 5.59. The highest BCUT2D eigenvalue weighted by molar-refractivity contribution is 5.78. The third kappa shape index (κ3) is 2.53. The van der Waals surface area contributed by atoms with Crippen LogP contribution in [0.3, 0.4) is 0 Å². The summed E-state index contributed by atoms with van der Waals surface area (Å²) >= 11 is 0. The molecule has 2 N–H and O–H groups in total. The SMILES string of the molecule is CC(=O)[C@H]1CC[C@H](ON(O)O)C1. The van der Waals surface area contributed by atoms with Crippen molar-refractivity contribution in [1.82, 2.24) is 5.39 Å². The van der Waals surface area contributed by atoms with E-state index in [1.807, 2.05) is 0 Å². The molecular formula is C7H13NO4. The number of nitrogens with zero attached hydrogens (tertiary/aromatic N) is 1. The van der Waals surface area contributed by atoms with Crippen molar-refractivity contribution in [2.24, 2.45) is 5.92 Å². The summed E-state index contributed by atoms with van der Waals surface area (Å²) in [7, 11) is 0. The Morgan fingerprint density at radius 3 is 2.58 bits per heavy atom. The molecule has 0 aromatic rings. The molecule has 0 bridgehead atoms. The summed E-state index contributed by atoms with van der Waals surface area (Å²) in [5.74, 6) is 0.165. The van der Waals surface area contributed by atoms with E-state index in [9.17, 15) is 4.79 Å². The predicted molar refractivity (Wildman–Crippen MR) is 38.3 cm³/mol. The second kappa shape index (κ2) is 3.95. The van der Waals surface area contributed by atoms with Crippen molar-refractivity contribution in [1.29, 1.82) is 0 Å². The van der Waals surface area contributed by atoms with Crippen LogP contribution in [0.2, 0.25) is 0 Å². The molecule has 0 unspecified atom stereocenters. The van der Waals surface area contributed by atoms with Crippen LogP contribution >= 0.6 is 0 Å². The van der Waals surface area contributed by atoms with E-state index in [-0.39, 0.29) is 23.2 Å². The van der Waals surface area contributed by atoms with Crippen molar-refractivity contribution < 1.29 is 20.0 Å². The van der Waals surface area contributed by atoms with E-state index in [0.29, 0.717) is 12.8 Å². The molecule has 0 amide bonds. The topological polar surface area (TPSA) is 70.0 Å². The summed E-state index contributed by atoms with van der Waals surface area (Å²) in [5, 5.41) is 16.4. The van der Waals surface area contributed by atoms with Gasteiger partial charge in [-0.3, -0.25) is 15.2 Å². The van der Waals surface area contributed by atoms with E-state index in [0.717, 1.165) is 6.42 Å². The molecular weight excluding hydrogens is 162 g/mol. The number of carbonyl (C=O) groups excluding carboxylic acids is 1. The first kappa shape index (κ1) is 9.60. The maximum Gasteiger partial charge on any atom is 0.133 e. The van der Waals surface area contributed by atoms with E-state index in [4.69, 9.17) is 10.4 Å². The Balaban J connectivity index is 2.30.